The number of hydrogen-bond donors (Lipinski definition) is 4. The van der Waals surface area contributed by atoms with Gasteiger partial charge in [0.05, 0.1) is 0 Å². The molecule has 8 nitrogen and oxygen atoms in total. The van der Waals surface area contributed by atoms with Crippen LogP contribution in [0, 0.1) is 0 Å². The van der Waals surface area contributed by atoms with Crippen LogP contribution in [0.2, 0.25) is 0 Å². The molecule has 0 spiro atoms. The SMILES string of the molecule is CCNC(=O)c1ccc(Sc2nc(NC3(C)C=C(C)NN3)cc(N3CCC3)n2)cc1. The van der Waals surface area contributed by atoms with Gasteiger partial charge in [-0.05, 0) is 69.3 Å². The largest absolute Gasteiger partial charge is 0.356 e. The first-order valence-corrected chi connectivity index (χ1v) is 11.0. The molecule has 4 rings (SSSR count). The molecule has 2 aliphatic rings. The van der Waals surface area contributed by atoms with Crippen LogP contribution in [0.3, 0.4) is 0 Å². The molecule has 1 aromatic carbocycles. The van der Waals surface area contributed by atoms with Crippen LogP contribution < -0.4 is 26.4 Å². The summed E-state index contributed by atoms with van der Waals surface area (Å²) < 4.78 is 0. The molecule has 158 valence electrons. The van der Waals surface area contributed by atoms with Gasteiger partial charge in [0.25, 0.3) is 5.91 Å². The van der Waals surface area contributed by atoms with Gasteiger partial charge >= 0.3 is 0 Å². The van der Waals surface area contributed by atoms with Crippen LogP contribution in [-0.4, -0.2) is 41.2 Å². The fourth-order valence-corrected chi connectivity index (χ4v) is 4.11. The zero-order valence-electron chi connectivity index (χ0n) is 17.5. The minimum Gasteiger partial charge on any atom is -0.356 e. The van der Waals surface area contributed by atoms with Gasteiger partial charge in [0.15, 0.2) is 5.16 Å². The second-order valence-corrected chi connectivity index (χ2v) is 8.67. The molecular formula is C21H27N7OS. The minimum atomic E-state index is -0.430. The van der Waals surface area contributed by atoms with Gasteiger partial charge < -0.3 is 21.0 Å². The average molecular weight is 426 g/mol. The first-order chi connectivity index (χ1) is 14.4. The van der Waals surface area contributed by atoms with E-state index < -0.39 is 5.66 Å². The second kappa shape index (κ2) is 8.53. The monoisotopic (exact) mass is 425 g/mol. The number of anilines is 2. The quantitative estimate of drug-likeness (QED) is 0.503. The highest BCUT2D eigenvalue weighted by Gasteiger charge is 2.27. The number of carbonyl (C=O) groups excluding carboxylic acids is 1. The summed E-state index contributed by atoms with van der Waals surface area (Å²) in [5.74, 6) is 1.62. The van der Waals surface area contributed by atoms with E-state index >= 15 is 0 Å². The summed E-state index contributed by atoms with van der Waals surface area (Å²) in [6.07, 6.45) is 3.27. The normalized spacial score (nSPS) is 20.2. The first kappa shape index (κ1) is 20.5. The molecule has 0 bridgehead atoms. The van der Waals surface area contributed by atoms with Gasteiger partial charge in [0.1, 0.15) is 17.3 Å². The van der Waals surface area contributed by atoms with Crippen LogP contribution in [0.1, 0.15) is 37.6 Å². The highest BCUT2D eigenvalue weighted by atomic mass is 32.2. The van der Waals surface area contributed by atoms with Crippen molar-refractivity contribution >= 4 is 29.3 Å². The fraction of sp³-hybridized carbons (Fsp3) is 0.381. The molecule has 0 radical (unpaired) electrons. The van der Waals surface area contributed by atoms with Gasteiger partial charge in [0.2, 0.25) is 0 Å². The lowest BCUT2D eigenvalue weighted by molar-refractivity contribution is 0.0956. The van der Waals surface area contributed by atoms with Crippen LogP contribution >= 0.6 is 11.8 Å². The van der Waals surface area contributed by atoms with E-state index in [-0.39, 0.29) is 5.91 Å². The average Bonchev–Trinajstić information content (AvgIpc) is 2.99. The molecule has 1 amide bonds. The Kier molecular flexibility index (Phi) is 5.83. The molecule has 1 saturated heterocycles. The third-order valence-corrected chi connectivity index (χ3v) is 5.82. The van der Waals surface area contributed by atoms with E-state index in [1.54, 1.807) is 0 Å². The highest BCUT2D eigenvalue weighted by molar-refractivity contribution is 7.99. The summed E-state index contributed by atoms with van der Waals surface area (Å²) in [6.45, 7) is 8.60. The molecule has 9 heteroatoms. The van der Waals surface area contributed by atoms with Gasteiger partial charge in [0, 0.05) is 41.9 Å². The predicted molar refractivity (Wildman–Crippen MR) is 119 cm³/mol. The molecule has 30 heavy (non-hydrogen) atoms. The lowest BCUT2D eigenvalue weighted by Gasteiger charge is -2.33. The fourth-order valence-electron chi connectivity index (χ4n) is 3.34. The predicted octanol–water partition coefficient (Wildman–Crippen LogP) is 2.73. The van der Waals surface area contributed by atoms with E-state index in [0.717, 1.165) is 35.3 Å². The van der Waals surface area contributed by atoms with E-state index in [4.69, 9.17) is 9.97 Å². The summed E-state index contributed by atoms with van der Waals surface area (Å²) in [4.78, 5) is 24.7. The Morgan fingerprint density at radius 1 is 1.27 bits per heavy atom. The Morgan fingerprint density at radius 3 is 2.63 bits per heavy atom. The van der Waals surface area contributed by atoms with Gasteiger partial charge in [-0.25, -0.2) is 15.4 Å². The summed E-state index contributed by atoms with van der Waals surface area (Å²) in [7, 11) is 0. The van der Waals surface area contributed by atoms with Crippen molar-refractivity contribution in [3.8, 4) is 0 Å². The van der Waals surface area contributed by atoms with E-state index in [1.807, 2.05) is 44.2 Å². The number of benzene rings is 1. The van der Waals surface area contributed by atoms with Gasteiger partial charge in [-0.15, -0.1) is 0 Å². The number of aromatic nitrogens is 2. The Labute approximate surface area is 180 Å². The van der Waals surface area contributed by atoms with Crippen molar-refractivity contribution < 1.29 is 4.79 Å². The lowest BCUT2D eigenvalue weighted by atomic mass is 10.2. The number of nitrogens with zero attached hydrogens (tertiary/aromatic N) is 3. The van der Waals surface area contributed by atoms with Crippen molar-refractivity contribution in [3.63, 3.8) is 0 Å². The molecule has 2 aliphatic heterocycles. The zero-order chi connectivity index (χ0) is 21.1. The molecule has 1 unspecified atom stereocenters. The van der Waals surface area contributed by atoms with E-state index in [9.17, 15) is 4.79 Å². The van der Waals surface area contributed by atoms with Crippen molar-refractivity contribution in [2.45, 2.75) is 42.9 Å². The van der Waals surface area contributed by atoms with Crippen molar-refractivity contribution in [2.75, 3.05) is 29.9 Å². The maximum atomic E-state index is 12.0. The molecule has 0 aliphatic carbocycles. The van der Waals surface area contributed by atoms with Crippen LogP contribution in [-0.2, 0) is 0 Å². The van der Waals surface area contributed by atoms with E-state index in [0.29, 0.717) is 17.3 Å². The molecular weight excluding hydrogens is 398 g/mol. The number of amides is 1. The highest BCUT2D eigenvalue weighted by Crippen LogP contribution is 2.30. The molecule has 1 aromatic heterocycles. The van der Waals surface area contributed by atoms with Crippen molar-refractivity contribution in [2.24, 2.45) is 0 Å². The molecule has 1 atom stereocenters. The summed E-state index contributed by atoms with van der Waals surface area (Å²) in [5, 5.41) is 6.94. The molecule has 2 aromatic rings. The topological polar surface area (TPSA) is 94.2 Å². The summed E-state index contributed by atoms with van der Waals surface area (Å²) >= 11 is 1.49. The standard InChI is InChI=1S/C21H27N7OS/c1-4-22-19(29)15-6-8-16(9-7-15)30-20-23-17(12-18(24-20)28-10-5-11-28)25-21(3)13-14(2)26-27-21/h6-9,12-13,26-27H,4-5,10-11H2,1-3H3,(H,22,29)(H,23,24,25). The number of nitrogens with one attached hydrogen (secondary N) is 4. The molecule has 0 saturated carbocycles. The number of allylic oxidation sites excluding steroid dienone is 1. The summed E-state index contributed by atoms with van der Waals surface area (Å²) in [5.41, 5.74) is 7.63. The maximum Gasteiger partial charge on any atom is 0.251 e. The zero-order valence-corrected chi connectivity index (χ0v) is 18.3. The number of carbonyl (C=O) groups is 1. The van der Waals surface area contributed by atoms with Gasteiger partial charge in [-0.3, -0.25) is 4.79 Å². The maximum absolute atomic E-state index is 12.0. The van der Waals surface area contributed by atoms with E-state index in [1.165, 1.54) is 18.2 Å². The van der Waals surface area contributed by atoms with Gasteiger partial charge in [-0.2, -0.15) is 0 Å². The Balaban J connectivity index is 1.55. The van der Waals surface area contributed by atoms with Crippen molar-refractivity contribution in [3.05, 3.63) is 47.7 Å². The molecule has 3 heterocycles. The molecule has 4 N–H and O–H groups in total. The van der Waals surface area contributed by atoms with Crippen LogP contribution in [0.25, 0.3) is 0 Å². The van der Waals surface area contributed by atoms with Crippen LogP contribution in [0.5, 0.6) is 0 Å². The molecule has 1 fully saturated rings. The number of hydrogen-bond acceptors (Lipinski definition) is 8. The van der Waals surface area contributed by atoms with Crippen molar-refractivity contribution in [1.82, 2.24) is 26.1 Å². The van der Waals surface area contributed by atoms with Gasteiger partial charge in [-0.1, -0.05) is 0 Å². The third-order valence-electron chi connectivity index (χ3n) is 4.95. The minimum absolute atomic E-state index is 0.0640. The lowest BCUT2D eigenvalue weighted by Crippen LogP contribution is -2.48. The van der Waals surface area contributed by atoms with Crippen molar-refractivity contribution in [1.29, 1.82) is 0 Å². The Hall–Kier alpha value is -2.78. The van der Waals surface area contributed by atoms with Crippen LogP contribution in [0.15, 0.2) is 52.2 Å². The smallest absolute Gasteiger partial charge is 0.251 e. The third kappa shape index (κ3) is 4.68. The van der Waals surface area contributed by atoms with Crippen LogP contribution in [0.4, 0.5) is 11.6 Å². The summed E-state index contributed by atoms with van der Waals surface area (Å²) in [6, 6.07) is 9.51. The first-order valence-electron chi connectivity index (χ1n) is 10.1. The Bertz CT molecular complexity index is 958. The second-order valence-electron chi connectivity index (χ2n) is 7.63. The number of hydrazine groups is 1. The van der Waals surface area contributed by atoms with E-state index in [2.05, 4.69) is 39.4 Å². The number of rotatable bonds is 7. The Morgan fingerprint density at radius 2 is 2.03 bits per heavy atom.